The Hall–Kier alpha value is -3.48. The average Bonchev–Trinajstić information content (AvgIpc) is 3.33. The Labute approximate surface area is 205 Å². The summed E-state index contributed by atoms with van der Waals surface area (Å²) in [5.41, 5.74) is 5.13. The van der Waals surface area contributed by atoms with Gasteiger partial charge < -0.3 is 4.90 Å². The highest BCUT2D eigenvalue weighted by Gasteiger charge is 2.51. The first-order valence-electron chi connectivity index (χ1n) is 12.2. The molecule has 2 bridgehead atoms. The van der Waals surface area contributed by atoms with Gasteiger partial charge in [0.15, 0.2) is 0 Å². The van der Waals surface area contributed by atoms with E-state index in [9.17, 15) is 14.9 Å². The molecule has 1 saturated heterocycles. The molecule has 35 heavy (non-hydrogen) atoms. The molecular weight excluding hydrogens is 440 g/mol. The molecule has 1 aromatic heterocycles. The van der Waals surface area contributed by atoms with E-state index in [0.717, 1.165) is 36.9 Å². The van der Waals surface area contributed by atoms with Crippen molar-refractivity contribution >= 4 is 11.6 Å². The molecule has 1 aliphatic carbocycles. The van der Waals surface area contributed by atoms with Crippen LogP contribution in [-0.4, -0.2) is 38.1 Å². The number of fused-ring (bicyclic) bond motifs is 2. The maximum absolute atomic E-state index is 14.1. The van der Waals surface area contributed by atoms with Crippen LogP contribution in [0.5, 0.6) is 0 Å². The second kappa shape index (κ2) is 8.04. The number of hydrogen-bond donors (Lipinski definition) is 0. The minimum absolute atomic E-state index is 0.0320. The maximum atomic E-state index is 14.1. The first-order valence-corrected chi connectivity index (χ1v) is 12.2. The molecule has 1 saturated carbocycles. The van der Waals surface area contributed by atoms with Crippen LogP contribution in [0.3, 0.4) is 0 Å². The van der Waals surface area contributed by atoms with E-state index in [4.69, 9.17) is 5.10 Å². The van der Waals surface area contributed by atoms with Gasteiger partial charge in [0.1, 0.15) is 5.69 Å². The second-order valence-electron chi connectivity index (χ2n) is 11.5. The lowest BCUT2D eigenvalue weighted by molar-refractivity contribution is -0.384. The monoisotopic (exact) mass is 472 g/mol. The van der Waals surface area contributed by atoms with Crippen molar-refractivity contribution in [1.29, 1.82) is 0 Å². The highest BCUT2D eigenvalue weighted by molar-refractivity contribution is 5.95. The predicted molar refractivity (Wildman–Crippen MR) is 136 cm³/mol. The Morgan fingerprint density at radius 1 is 1.06 bits per heavy atom. The third kappa shape index (κ3) is 4.24. The summed E-state index contributed by atoms with van der Waals surface area (Å²) >= 11 is 0. The topological polar surface area (TPSA) is 81.3 Å². The SMILES string of the molecule is Cc1ccc(-c2cc(C(=O)N3CC4(C)CC3CC(C)(C)C4)n(-c3cccc([N+](=O)[O-])c3)n2)cc1C. The molecule has 2 heterocycles. The van der Waals surface area contributed by atoms with Crippen molar-refractivity contribution in [2.45, 2.75) is 59.9 Å². The van der Waals surface area contributed by atoms with Crippen molar-refractivity contribution in [3.05, 3.63) is 75.5 Å². The fraction of sp³-hybridized carbons (Fsp3) is 0.429. The number of nitro groups is 1. The van der Waals surface area contributed by atoms with Crippen molar-refractivity contribution in [3.63, 3.8) is 0 Å². The van der Waals surface area contributed by atoms with E-state index in [-0.39, 0.29) is 28.5 Å². The van der Waals surface area contributed by atoms with Gasteiger partial charge in [0.25, 0.3) is 11.6 Å². The first kappa shape index (κ1) is 23.3. The minimum Gasteiger partial charge on any atom is -0.334 e. The molecule has 7 nitrogen and oxygen atoms in total. The van der Waals surface area contributed by atoms with Gasteiger partial charge in [-0.25, -0.2) is 4.68 Å². The lowest BCUT2D eigenvalue weighted by Gasteiger charge is -2.39. The highest BCUT2D eigenvalue weighted by atomic mass is 16.6. The summed E-state index contributed by atoms with van der Waals surface area (Å²) in [5, 5.41) is 16.2. The van der Waals surface area contributed by atoms with Gasteiger partial charge in [-0.3, -0.25) is 14.9 Å². The molecule has 2 unspecified atom stereocenters. The Kier molecular flexibility index (Phi) is 5.34. The first-order chi connectivity index (χ1) is 16.4. The van der Waals surface area contributed by atoms with Crippen LogP contribution in [0.15, 0.2) is 48.5 Å². The number of nitro benzene ring substituents is 1. The summed E-state index contributed by atoms with van der Waals surface area (Å²) in [5.74, 6) is -0.0643. The van der Waals surface area contributed by atoms with Gasteiger partial charge in [0.05, 0.1) is 16.3 Å². The number of aromatic nitrogens is 2. The summed E-state index contributed by atoms with van der Waals surface area (Å²) in [4.78, 5) is 27.1. The van der Waals surface area contributed by atoms with Gasteiger partial charge in [-0.2, -0.15) is 5.10 Å². The molecule has 3 aromatic rings. The molecular formula is C28H32N4O3. The number of non-ortho nitro benzene ring substituents is 1. The van der Waals surface area contributed by atoms with Crippen LogP contribution >= 0.6 is 0 Å². The third-order valence-corrected chi connectivity index (χ3v) is 7.69. The number of aryl methyl sites for hydroxylation is 2. The summed E-state index contributed by atoms with van der Waals surface area (Å²) in [7, 11) is 0. The smallest absolute Gasteiger partial charge is 0.272 e. The van der Waals surface area contributed by atoms with E-state index in [1.165, 1.54) is 17.7 Å². The summed E-state index contributed by atoms with van der Waals surface area (Å²) in [6.45, 7) is 11.7. The molecule has 182 valence electrons. The third-order valence-electron chi connectivity index (χ3n) is 7.69. The zero-order chi connectivity index (χ0) is 25.1. The van der Waals surface area contributed by atoms with Crippen LogP contribution in [0.1, 0.15) is 61.6 Å². The molecule has 0 radical (unpaired) electrons. The molecule has 2 aromatic carbocycles. The van der Waals surface area contributed by atoms with Crippen molar-refractivity contribution < 1.29 is 9.72 Å². The van der Waals surface area contributed by atoms with E-state index in [2.05, 4.69) is 40.7 Å². The summed E-state index contributed by atoms with van der Waals surface area (Å²) in [6, 6.07) is 14.5. The van der Waals surface area contributed by atoms with Gasteiger partial charge in [0.2, 0.25) is 0 Å². The van der Waals surface area contributed by atoms with E-state index in [1.807, 2.05) is 23.1 Å². The Bertz CT molecular complexity index is 1340. The van der Waals surface area contributed by atoms with Crippen molar-refractivity contribution in [3.8, 4) is 16.9 Å². The van der Waals surface area contributed by atoms with Crippen LogP contribution in [0, 0.1) is 34.8 Å². The predicted octanol–water partition coefficient (Wildman–Crippen LogP) is 6.11. The number of rotatable bonds is 4. The number of hydrogen-bond acceptors (Lipinski definition) is 4. The van der Waals surface area contributed by atoms with Crippen LogP contribution in [0.25, 0.3) is 16.9 Å². The molecule has 0 N–H and O–H groups in total. The number of carbonyl (C=O) groups is 1. The standard InChI is InChI=1S/C28H32N4O3/c1-18-9-10-20(11-19(18)2)24-13-25(31(29-24)21-7-6-8-22(12-21)32(34)35)26(33)30-17-28(5)15-23(30)14-27(3,4)16-28/h6-13,23H,14-17H2,1-5H3. The number of benzene rings is 2. The molecule has 0 spiro atoms. The van der Waals surface area contributed by atoms with Gasteiger partial charge >= 0.3 is 0 Å². The fourth-order valence-electron chi connectivity index (χ4n) is 6.35. The molecule has 2 fully saturated rings. The zero-order valence-electron chi connectivity index (χ0n) is 21.0. The quantitative estimate of drug-likeness (QED) is 0.339. The van der Waals surface area contributed by atoms with E-state index in [0.29, 0.717) is 17.1 Å². The van der Waals surface area contributed by atoms with Gasteiger partial charge in [-0.05, 0) is 73.3 Å². The normalized spacial score (nSPS) is 22.9. The van der Waals surface area contributed by atoms with Gasteiger partial charge in [0, 0.05) is 30.3 Å². The van der Waals surface area contributed by atoms with Crippen LogP contribution in [-0.2, 0) is 0 Å². The lowest BCUT2D eigenvalue weighted by atomic mass is 9.65. The molecule has 7 heteroatoms. The summed E-state index contributed by atoms with van der Waals surface area (Å²) in [6.07, 6.45) is 3.08. The lowest BCUT2D eigenvalue weighted by Crippen LogP contribution is -2.38. The molecule has 1 aliphatic heterocycles. The molecule has 5 rings (SSSR count). The number of nitrogens with zero attached hydrogens (tertiary/aromatic N) is 4. The molecule has 2 atom stereocenters. The number of likely N-dealkylation sites (tertiary alicyclic amines) is 1. The highest BCUT2D eigenvalue weighted by Crippen LogP contribution is 2.52. The summed E-state index contributed by atoms with van der Waals surface area (Å²) < 4.78 is 1.58. The largest absolute Gasteiger partial charge is 0.334 e. The zero-order valence-corrected chi connectivity index (χ0v) is 21.0. The van der Waals surface area contributed by atoms with Gasteiger partial charge in [-0.1, -0.05) is 39.0 Å². The van der Waals surface area contributed by atoms with E-state index < -0.39 is 4.92 Å². The maximum Gasteiger partial charge on any atom is 0.272 e. The van der Waals surface area contributed by atoms with Crippen molar-refractivity contribution in [1.82, 2.24) is 14.7 Å². The van der Waals surface area contributed by atoms with Crippen molar-refractivity contribution in [2.24, 2.45) is 10.8 Å². The van der Waals surface area contributed by atoms with E-state index >= 15 is 0 Å². The Balaban J connectivity index is 1.61. The molecule has 2 aliphatic rings. The van der Waals surface area contributed by atoms with E-state index in [1.54, 1.807) is 16.8 Å². The molecule has 1 amide bonds. The van der Waals surface area contributed by atoms with Crippen molar-refractivity contribution in [2.75, 3.05) is 6.54 Å². The minimum atomic E-state index is -0.425. The Morgan fingerprint density at radius 3 is 2.54 bits per heavy atom. The van der Waals surface area contributed by atoms with Crippen LogP contribution in [0.2, 0.25) is 0 Å². The average molecular weight is 473 g/mol. The Morgan fingerprint density at radius 2 is 1.83 bits per heavy atom. The van der Waals surface area contributed by atoms with Crippen LogP contribution in [0.4, 0.5) is 5.69 Å². The number of amides is 1. The number of carbonyl (C=O) groups excluding carboxylic acids is 1. The fourth-order valence-corrected chi connectivity index (χ4v) is 6.35. The second-order valence-corrected chi connectivity index (χ2v) is 11.5. The van der Waals surface area contributed by atoms with Crippen LogP contribution < -0.4 is 0 Å². The van der Waals surface area contributed by atoms with Gasteiger partial charge in [-0.15, -0.1) is 0 Å².